The summed E-state index contributed by atoms with van der Waals surface area (Å²) in [4.78, 5) is 21.4. The summed E-state index contributed by atoms with van der Waals surface area (Å²) in [5.41, 5.74) is 0.647. The molecule has 3 heterocycles. The largest absolute Gasteiger partial charge is 0.474 e. The van der Waals surface area contributed by atoms with E-state index >= 15 is 0 Å². The molecule has 0 atom stereocenters. The van der Waals surface area contributed by atoms with Gasteiger partial charge in [0.25, 0.3) is 5.91 Å². The maximum Gasteiger partial charge on any atom is 0.255 e. The van der Waals surface area contributed by atoms with Gasteiger partial charge in [-0.25, -0.2) is 4.98 Å². The Bertz CT molecular complexity index is 559. The number of aromatic nitrogens is 1. The number of rotatable bonds is 4. The SMILES string of the molecule is O=C(c1ccc(OC2CCOCC2)nc1)N1CCN(C2CC2)CC1. The van der Waals surface area contributed by atoms with E-state index < -0.39 is 0 Å². The van der Waals surface area contributed by atoms with E-state index in [1.54, 1.807) is 6.20 Å². The molecule has 0 aromatic carbocycles. The van der Waals surface area contributed by atoms with Crippen LogP contribution in [0.4, 0.5) is 0 Å². The van der Waals surface area contributed by atoms with Gasteiger partial charge in [-0.1, -0.05) is 0 Å². The third-order valence-electron chi connectivity index (χ3n) is 5.10. The van der Waals surface area contributed by atoms with Crippen molar-refractivity contribution in [2.24, 2.45) is 0 Å². The minimum atomic E-state index is 0.0792. The minimum absolute atomic E-state index is 0.0792. The van der Waals surface area contributed by atoms with Crippen LogP contribution in [0.15, 0.2) is 18.3 Å². The first-order chi connectivity index (χ1) is 11.8. The molecule has 0 radical (unpaired) electrons. The summed E-state index contributed by atoms with van der Waals surface area (Å²) >= 11 is 0. The summed E-state index contributed by atoms with van der Waals surface area (Å²) in [6, 6.07) is 4.42. The predicted molar refractivity (Wildman–Crippen MR) is 89.2 cm³/mol. The van der Waals surface area contributed by atoms with Crippen molar-refractivity contribution < 1.29 is 14.3 Å². The first-order valence-corrected chi connectivity index (χ1v) is 9.03. The Morgan fingerprint density at radius 1 is 1.08 bits per heavy atom. The first kappa shape index (κ1) is 15.8. The van der Waals surface area contributed by atoms with Crippen molar-refractivity contribution in [3.63, 3.8) is 0 Å². The van der Waals surface area contributed by atoms with E-state index in [0.29, 0.717) is 11.4 Å². The van der Waals surface area contributed by atoms with E-state index in [4.69, 9.17) is 9.47 Å². The van der Waals surface area contributed by atoms with Crippen molar-refractivity contribution in [3.8, 4) is 5.88 Å². The average molecular weight is 331 g/mol. The highest BCUT2D eigenvalue weighted by Gasteiger charge is 2.32. The Labute approximate surface area is 142 Å². The van der Waals surface area contributed by atoms with Gasteiger partial charge in [0, 0.05) is 57.3 Å². The zero-order valence-electron chi connectivity index (χ0n) is 14.0. The van der Waals surface area contributed by atoms with Gasteiger partial charge in [-0.05, 0) is 18.9 Å². The molecule has 2 saturated heterocycles. The lowest BCUT2D eigenvalue weighted by Crippen LogP contribution is -2.49. The summed E-state index contributed by atoms with van der Waals surface area (Å²) in [5.74, 6) is 0.674. The molecule has 0 bridgehead atoms. The van der Waals surface area contributed by atoms with Gasteiger partial charge in [0.1, 0.15) is 6.10 Å². The lowest BCUT2D eigenvalue weighted by molar-refractivity contribution is 0.0237. The molecule has 1 amide bonds. The highest BCUT2D eigenvalue weighted by molar-refractivity contribution is 5.94. The number of hydrogen-bond donors (Lipinski definition) is 0. The fourth-order valence-corrected chi connectivity index (χ4v) is 3.45. The van der Waals surface area contributed by atoms with Crippen molar-refractivity contribution in [3.05, 3.63) is 23.9 Å². The van der Waals surface area contributed by atoms with E-state index in [2.05, 4.69) is 9.88 Å². The van der Waals surface area contributed by atoms with E-state index in [0.717, 1.165) is 58.3 Å². The molecule has 0 unspecified atom stereocenters. The third kappa shape index (κ3) is 3.70. The number of carbonyl (C=O) groups is 1. The van der Waals surface area contributed by atoms with Crippen molar-refractivity contribution in [1.29, 1.82) is 0 Å². The predicted octanol–water partition coefficient (Wildman–Crippen LogP) is 1.56. The van der Waals surface area contributed by atoms with Crippen LogP contribution in [0.5, 0.6) is 5.88 Å². The minimum Gasteiger partial charge on any atom is -0.474 e. The van der Waals surface area contributed by atoms with Gasteiger partial charge in [-0.2, -0.15) is 0 Å². The smallest absolute Gasteiger partial charge is 0.255 e. The molecule has 6 nitrogen and oxygen atoms in total. The number of ether oxygens (including phenoxy) is 2. The van der Waals surface area contributed by atoms with Crippen molar-refractivity contribution in [2.45, 2.75) is 37.8 Å². The number of hydrogen-bond acceptors (Lipinski definition) is 5. The summed E-state index contributed by atoms with van der Waals surface area (Å²) in [6.45, 7) is 5.11. The molecule has 130 valence electrons. The number of carbonyl (C=O) groups excluding carboxylic acids is 1. The quantitative estimate of drug-likeness (QED) is 0.838. The van der Waals surface area contributed by atoms with E-state index in [-0.39, 0.29) is 12.0 Å². The van der Waals surface area contributed by atoms with Crippen molar-refractivity contribution in [1.82, 2.24) is 14.8 Å². The number of piperazine rings is 1. The van der Waals surface area contributed by atoms with Crippen LogP contribution in [0.1, 0.15) is 36.0 Å². The molecule has 1 saturated carbocycles. The lowest BCUT2D eigenvalue weighted by Gasteiger charge is -2.34. The van der Waals surface area contributed by atoms with Crippen LogP contribution in [-0.4, -0.2) is 72.2 Å². The highest BCUT2D eigenvalue weighted by atomic mass is 16.5. The Kier molecular flexibility index (Phi) is 4.67. The van der Waals surface area contributed by atoms with Gasteiger partial charge in [0.2, 0.25) is 5.88 Å². The zero-order valence-corrected chi connectivity index (χ0v) is 14.0. The van der Waals surface area contributed by atoms with Gasteiger partial charge >= 0.3 is 0 Å². The van der Waals surface area contributed by atoms with Crippen LogP contribution < -0.4 is 4.74 Å². The molecule has 24 heavy (non-hydrogen) atoms. The summed E-state index contributed by atoms with van der Waals surface area (Å²) < 4.78 is 11.2. The molecule has 4 rings (SSSR count). The number of pyridine rings is 1. The molecule has 0 N–H and O–H groups in total. The highest BCUT2D eigenvalue weighted by Crippen LogP contribution is 2.27. The van der Waals surface area contributed by atoms with Crippen LogP contribution in [0.2, 0.25) is 0 Å². The second-order valence-electron chi connectivity index (χ2n) is 6.87. The summed E-state index contributed by atoms with van der Waals surface area (Å²) in [7, 11) is 0. The van der Waals surface area contributed by atoms with E-state index in [1.807, 2.05) is 17.0 Å². The second-order valence-corrected chi connectivity index (χ2v) is 6.87. The Hall–Kier alpha value is -1.66. The molecule has 0 spiro atoms. The molecular weight excluding hydrogens is 306 g/mol. The molecule has 1 aromatic rings. The van der Waals surface area contributed by atoms with Crippen molar-refractivity contribution >= 4 is 5.91 Å². The average Bonchev–Trinajstić information content (AvgIpc) is 3.48. The lowest BCUT2D eigenvalue weighted by atomic mass is 10.1. The first-order valence-electron chi connectivity index (χ1n) is 9.03. The number of nitrogens with zero attached hydrogens (tertiary/aromatic N) is 3. The van der Waals surface area contributed by atoms with E-state index in [9.17, 15) is 4.79 Å². The summed E-state index contributed by atoms with van der Waals surface area (Å²) in [5, 5.41) is 0. The zero-order chi connectivity index (χ0) is 16.4. The Morgan fingerprint density at radius 2 is 1.83 bits per heavy atom. The topological polar surface area (TPSA) is 54.9 Å². The molecular formula is C18H25N3O3. The van der Waals surface area contributed by atoms with Crippen molar-refractivity contribution in [2.75, 3.05) is 39.4 Å². The van der Waals surface area contributed by atoms with Gasteiger partial charge in [0.05, 0.1) is 18.8 Å². The number of amides is 1. The van der Waals surface area contributed by atoms with Crippen LogP contribution in [0.3, 0.4) is 0 Å². The fraction of sp³-hybridized carbons (Fsp3) is 0.667. The van der Waals surface area contributed by atoms with Gasteiger partial charge in [0.15, 0.2) is 0 Å². The standard InChI is InChI=1S/C18H25N3O3/c22-18(21-9-7-20(8-10-21)15-2-3-15)14-1-4-17(19-13-14)24-16-5-11-23-12-6-16/h1,4,13,15-16H,2-3,5-12H2. The maximum atomic E-state index is 12.6. The second kappa shape index (κ2) is 7.07. The van der Waals surface area contributed by atoms with Crippen LogP contribution in [-0.2, 0) is 4.74 Å². The Balaban J connectivity index is 1.31. The van der Waals surface area contributed by atoms with Gasteiger partial charge in [-0.3, -0.25) is 9.69 Å². The normalized spacial score (nSPS) is 23.2. The van der Waals surface area contributed by atoms with Gasteiger partial charge in [-0.15, -0.1) is 0 Å². The Morgan fingerprint density at radius 3 is 2.46 bits per heavy atom. The van der Waals surface area contributed by atoms with E-state index in [1.165, 1.54) is 12.8 Å². The fourth-order valence-electron chi connectivity index (χ4n) is 3.45. The summed E-state index contributed by atoms with van der Waals surface area (Å²) in [6.07, 6.45) is 6.26. The molecule has 2 aliphatic heterocycles. The monoisotopic (exact) mass is 331 g/mol. The third-order valence-corrected chi connectivity index (χ3v) is 5.10. The van der Waals surface area contributed by atoms with Gasteiger partial charge < -0.3 is 14.4 Å². The maximum absolute atomic E-state index is 12.6. The molecule has 6 heteroatoms. The molecule has 1 aliphatic carbocycles. The van der Waals surface area contributed by atoms with Crippen LogP contribution >= 0.6 is 0 Å². The molecule has 3 aliphatic rings. The molecule has 1 aromatic heterocycles. The molecule has 3 fully saturated rings. The van der Waals surface area contributed by atoms with Crippen LogP contribution in [0, 0.1) is 0 Å². The van der Waals surface area contributed by atoms with Crippen LogP contribution in [0.25, 0.3) is 0 Å².